The first-order chi connectivity index (χ1) is 13.1. The zero-order valence-corrected chi connectivity index (χ0v) is 15.8. The number of halogens is 1. The fourth-order valence-electron chi connectivity index (χ4n) is 3.40. The quantitative estimate of drug-likeness (QED) is 0.692. The van der Waals surface area contributed by atoms with Gasteiger partial charge in [0.15, 0.2) is 0 Å². The van der Waals surface area contributed by atoms with Crippen molar-refractivity contribution in [1.29, 1.82) is 0 Å². The molecule has 0 bridgehead atoms. The number of ether oxygens (including phenoxy) is 1. The normalized spacial score (nSPS) is 17.1. The average Bonchev–Trinajstić information content (AvgIpc) is 2.71. The van der Waals surface area contributed by atoms with Gasteiger partial charge >= 0.3 is 0 Å². The summed E-state index contributed by atoms with van der Waals surface area (Å²) in [6.45, 7) is 3.93. The predicted octanol–water partition coefficient (Wildman–Crippen LogP) is 3.77. The van der Waals surface area contributed by atoms with Crippen LogP contribution in [0.4, 0.5) is 5.69 Å². The molecule has 3 aromatic rings. The molecule has 1 saturated heterocycles. The van der Waals surface area contributed by atoms with Crippen molar-refractivity contribution in [2.75, 3.05) is 24.6 Å². The Morgan fingerprint density at radius 3 is 2.63 bits per heavy atom. The second-order valence-corrected chi connectivity index (χ2v) is 6.94. The summed E-state index contributed by atoms with van der Waals surface area (Å²) in [4.78, 5) is 14.8. The average molecular weight is 382 g/mol. The molecule has 1 fully saturated rings. The first-order valence-corrected chi connectivity index (χ1v) is 9.28. The van der Waals surface area contributed by atoms with Gasteiger partial charge in [0.1, 0.15) is 11.1 Å². The van der Waals surface area contributed by atoms with Crippen molar-refractivity contribution >= 4 is 17.3 Å². The maximum absolute atomic E-state index is 12.7. The fraction of sp³-hybridized carbons (Fsp3) is 0.238. The minimum atomic E-state index is -0.320. The molecule has 5 nitrogen and oxygen atoms in total. The van der Waals surface area contributed by atoms with E-state index >= 15 is 0 Å². The molecule has 27 heavy (non-hydrogen) atoms. The Labute approximate surface area is 162 Å². The van der Waals surface area contributed by atoms with Crippen LogP contribution in [0.5, 0.6) is 0 Å². The number of hydrogen-bond donors (Lipinski definition) is 0. The van der Waals surface area contributed by atoms with Crippen molar-refractivity contribution in [3.8, 4) is 5.69 Å². The summed E-state index contributed by atoms with van der Waals surface area (Å²) in [6, 6.07) is 17.5. The van der Waals surface area contributed by atoms with Gasteiger partial charge < -0.3 is 9.64 Å². The highest BCUT2D eigenvalue weighted by atomic mass is 35.5. The molecule has 0 radical (unpaired) electrons. The van der Waals surface area contributed by atoms with Gasteiger partial charge in [-0.25, -0.2) is 0 Å². The van der Waals surface area contributed by atoms with Gasteiger partial charge in [0, 0.05) is 13.1 Å². The van der Waals surface area contributed by atoms with Crippen LogP contribution in [-0.2, 0) is 4.74 Å². The van der Waals surface area contributed by atoms with Crippen LogP contribution >= 0.6 is 11.6 Å². The van der Waals surface area contributed by atoms with Crippen LogP contribution in [0.25, 0.3) is 5.69 Å². The maximum atomic E-state index is 12.7. The number of anilines is 1. The van der Waals surface area contributed by atoms with Crippen molar-refractivity contribution < 1.29 is 4.74 Å². The number of aromatic nitrogens is 2. The molecule has 1 unspecified atom stereocenters. The second kappa shape index (κ2) is 7.55. The van der Waals surface area contributed by atoms with Gasteiger partial charge in [-0.1, -0.05) is 54.1 Å². The molecule has 4 rings (SSSR count). The van der Waals surface area contributed by atoms with Gasteiger partial charge in [-0.3, -0.25) is 4.79 Å². The fourth-order valence-corrected chi connectivity index (χ4v) is 3.65. The van der Waals surface area contributed by atoms with Gasteiger partial charge in [0.25, 0.3) is 5.56 Å². The molecule has 1 aromatic heterocycles. The van der Waals surface area contributed by atoms with E-state index in [1.165, 1.54) is 10.2 Å². The molecule has 138 valence electrons. The SMILES string of the molecule is Cc1ccccc1C1CN(c2cnn(-c3ccccc3)c(=O)c2Cl)CCO1. The molecule has 1 aliphatic rings. The van der Waals surface area contributed by atoms with Crippen molar-refractivity contribution in [1.82, 2.24) is 9.78 Å². The van der Waals surface area contributed by atoms with Crippen LogP contribution < -0.4 is 10.5 Å². The van der Waals surface area contributed by atoms with E-state index in [1.807, 2.05) is 42.5 Å². The van der Waals surface area contributed by atoms with E-state index in [2.05, 4.69) is 29.1 Å². The van der Waals surface area contributed by atoms with E-state index in [1.54, 1.807) is 6.20 Å². The zero-order chi connectivity index (χ0) is 18.8. The van der Waals surface area contributed by atoms with Crippen molar-refractivity contribution in [2.45, 2.75) is 13.0 Å². The molecule has 2 heterocycles. The highest BCUT2D eigenvalue weighted by Crippen LogP contribution is 2.30. The van der Waals surface area contributed by atoms with Crippen molar-refractivity contribution in [2.24, 2.45) is 0 Å². The Balaban J connectivity index is 1.65. The van der Waals surface area contributed by atoms with Gasteiger partial charge in [0.05, 0.1) is 24.2 Å². The summed E-state index contributed by atoms with van der Waals surface area (Å²) >= 11 is 6.45. The summed E-state index contributed by atoms with van der Waals surface area (Å²) in [5.41, 5.74) is 3.36. The summed E-state index contributed by atoms with van der Waals surface area (Å²) in [6.07, 6.45) is 1.60. The Morgan fingerprint density at radius 2 is 1.85 bits per heavy atom. The van der Waals surface area contributed by atoms with Crippen LogP contribution in [0.2, 0.25) is 5.02 Å². The minimum Gasteiger partial charge on any atom is -0.370 e. The second-order valence-electron chi connectivity index (χ2n) is 6.56. The third kappa shape index (κ3) is 3.48. The van der Waals surface area contributed by atoms with Crippen LogP contribution in [-0.4, -0.2) is 29.5 Å². The number of rotatable bonds is 3. The van der Waals surface area contributed by atoms with Crippen LogP contribution in [0, 0.1) is 6.92 Å². The van der Waals surface area contributed by atoms with Gasteiger partial charge in [-0.15, -0.1) is 0 Å². The predicted molar refractivity (Wildman–Crippen MR) is 107 cm³/mol. The third-order valence-corrected chi connectivity index (χ3v) is 5.20. The summed E-state index contributed by atoms with van der Waals surface area (Å²) < 4.78 is 7.30. The summed E-state index contributed by atoms with van der Waals surface area (Å²) in [7, 11) is 0. The van der Waals surface area contributed by atoms with Crippen LogP contribution in [0.3, 0.4) is 0 Å². The molecular weight excluding hydrogens is 362 g/mol. The highest BCUT2D eigenvalue weighted by molar-refractivity contribution is 6.33. The molecule has 0 N–H and O–H groups in total. The Hall–Kier alpha value is -2.63. The first kappa shape index (κ1) is 17.8. The number of benzene rings is 2. The Bertz CT molecular complexity index is 1000. The smallest absolute Gasteiger partial charge is 0.292 e. The lowest BCUT2D eigenvalue weighted by atomic mass is 10.0. The lowest BCUT2D eigenvalue weighted by Gasteiger charge is -2.35. The zero-order valence-electron chi connectivity index (χ0n) is 15.0. The molecule has 2 aromatic carbocycles. The number of hydrogen-bond acceptors (Lipinski definition) is 4. The van der Waals surface area contributed by atoms with E-state index in [4.69, 9.17) is 16.3 Å². The number of aryl methyl sites for hydroxylation is 1. The number of nitrogens with zero attached hydrogens (tertiary/aromatic N) is 3. The first-order valence-electron chi connectivity index (χ1n) is 8.90. The maximum Gasteiger partial charge on any atom is 0.292 e. The van der Waals surface area contributed by atoms with E-state index in [0.29, 0.717) is 31.1 Å². The van der Waals surface area contributed by atoms with Gasteiger partial charge in [-0.2, -0.15) is 9.78 Å². The van der Waals surface area contributed by atoms with Crippen LogP contribution in [0.15, 0.2) is 65.6 Å². The lowest BCUT2D eigenvalue weighted by Crippen LogP contribution is -2.40. The van der Waals surface area contributed by atoms with Crippen molar-refractivity contribution in [3.63, 3.8) is 0 Å². The lowest BCUT2D eigenvalue weighted by molar-refractivity contribution is 0.0394. The molecule has 6 heteroatoms. The monoisotopic (exact) mass is 381 g/mol. The topological polar surface area (TPSA) is 47.4 Å². The Morgan fingerprint density at radius 1 is 1.11 bits per heavy atom. The molecule has 0 amide bonds. The standard InChI is InChI=1S/C21H20ClN3O2/c1-15-7-5-6-10-17(15)19-14-24(11-12-27-19)18-13-23-25(21(26)20(18)22)16-8-3-2-4-9-16/h2-10,13,19H,11-12,14H2,1H3. The van der Waals surface area contributed by atoms with E-state index < -0.39 is 0 Å². The van der Waals surface area contributed by atoms with Crippen LogP contribution in [0.1, 0.15) is 17.2 Å². The van der Waals surface area contributed by atoms with E-state index in [-0.39, 0.29) is 16.7 Å². The van der Waals surface area contributed by atoms with Gasteiger partial charge in [-0.05, 0) is 30.2 Å². The van der Waals surface area contributed by atoms with Gasteiger partial charge in [0.2, 0.25) is 0 Å². The molecule has 0 aliphatic carbocycles. The summed E-state index contributed by atoms with van der Waals surface area (Å²) in [5.74, 6) is 0. The number of para-hydroxylation sites is 1. The molecule has 1 atom stereocenters. The highest BCUT2D eigenvalue weighted by Gasteiger charge is 2.26. The minimum absolute atomic E-state index is 0.0624. The van der Waals surface area contributed by atoms with E-state index in [0.717, 1.165) is 5.56 Å². The summed E-state index contributed by atoms with van der Waals surface area (Å²) in [5, 5.41) is 4.52. The number of morpholine rings is 1. The molecule has 1 aliphatic heterocycles. The molecule has 0 saturated carbocycles. The third-order valence-electron chi connectivity index (χ3n) is 4.84. The van der Waals surface area contributed by atoms with E-state index in [9.17, 15) is 4.79 Å². The largest absolute Gasteiger partial charge is 0.370 e. The van der Waals surface area contributed by atoms with Crippen molar-refractivity contribution in [3.05, 3.63) is 87.3 Å². The Kier molecular flexibility index (Phi) is 4.97. The molecular formula is C21H20ClN3O2. The molecule has 0 spiro atoms.